The first kappa shape index (κ1) is 14.2. The van der Waals surface area contributed by atoms with E-state index in [4.69, 9.17) is 0 Å². The summed E-state index contributed by atoms with van der Waals surface area (Å²) in [7, 11) is 1.81. The van der Waals surface area contributed by atoms with Crippen molar-refractivity contribution in [1.82, 2.24) is 9.78 Å². The van der Waals surface area contributed by atoms with Gasteiger partial charge < -0.3 is 4.74 Å². The average Bonchev–Trinajstić information content (AvgIpc) is 2.82. The fourth-order valence-corrected chi connectivity index (χ4v) is 1.83. The quantitative estimate of drug-likeness (QED) is 0.764. The molecule has 0 aliphatic heterocycles. The van der Waals surface area contributed by atoms with Crippen LogP contribution < -0.4 is 4.74 Å². The zero-order valence-electron chi connectivity index (χ0n) is 10.9. The van der Waals surface area contributed by atoms with Gasteiger partial charge in [-0.15, -0.1) is 0 Å². The largest absolute Gasteiger partial charge is 0.435 e. The normalized spacial score (nSPS) is 10.8. The number of carbonyl (C=O) groups excluding carboxylic acids is 1. The smallest absolute Gasteiger partial charge is 0.387 e. The van der Waals surface area contributed by atoms with Gasteiger partial charge in [0.2, 0.25) is 0 Å². The van der Waals surface area contributed by atoms with Crippen LogP contribution in [0.15, 0.2) is 36.7 Å². The number of ether oxygens (including phenoxy) is 1. The number of hydrogen-bond acceptors (Lipinski definition) is 3. The molecule has 0 atom stereocenters. The monoisotopic (exact) mass is 280 g/mol. The fourth-order valence-electron chi connectivity index (χ4n) is 1.83. The third-order valence-corrected chi connectivity index (χ3v) is 2.80. The standard InChI is InChI=1S/C14H14F2N2O2/c1-18-9-10(8-17-18)2-7-13(19)11-3-5-12(6-4-11)20-14(15)16/h3-6,8-9,14H,2,7H2,1H3. The second-order valence-electron chi connectivity index (χ2n) is 4.35. The van der Waals surface area contributed by atoms with Crippen LogP contribution in [0.5, 0.6) is 5.75 Å². The van der Waals surface area contributed by atoms with Crippen molar-refractivity contribution in [1.29, 1.82) is 0 Å². The fraction of sp³-hybridized carbons (Fsp3) is 0.286. The van der Waals surface area contributed by atoms with Crippen LogP contribution in [0, 0.1) is 0 Å². The zero-order valence-corrected chi connectivity index (χ0v) is 10.9. The van der Waals surface area contributed by atoms with Crippen molar-refractivity contribution in [2.24, 2.45) is 7.05 Å². The van der Waals surface area contributed by atoms with Gasteiger partial charge in [-0.2, -0.15) is 13.9 Å². The number of aryl methyl sites for hydroxylation is 2. The van der Waals surface area contributed by atoms with E-state index in [0.29, 0.717) is 18.4 Å². The van der Waals surface area contributed by atoms with Gasteiger partial charge in [-0.1, -0.05) is 0 Å². The molecule has 0 radical (unpaired) electrons. The second-order valence-corrected chi connectivity index (χ2v) is 4.35. The van der Waals surface area contributed by atoms with E-state index in [1.807, 2.05) is 13.2 Å². The Kier molecular flexibility index (Phi) is 4.45. The van der Waals surface area contributed by atoms with Crippen molar-refractivity contribution in [3.63, 3.8) is 0 Å². The number of alkyl halides is 2. The summed E-state index contributed by atoms with van der Waals surface area (Å²) in [5.74, 6) is 0.00117. The predicted octanol–water partition coefficient (Wildman–Crippen LogP) is 2.84. The highest BCUT2D eigenvalue weighted by atomic mass is 19.3. The third-order valence-electron chi connectivity index (χ3n) is 2.80. The molecule has 20 heavy (non-hydrogen) atoms. The zero-order chi connectivity index (χ0) is 14.5. The molecule has 1 aromatic carbocycles. The third kappa shape index (κ3) is 3.88. The summed E-state index contributed by atoms with van der Waals surface area (Å²) >= 11 is 0. The number of Topliss-reactive ketones (excluding diaryl/α,β-unsaturated/α-hetero) is 1. The van der Waals surface area contributed by atoms with Crippen LogP contribution in [-0.2, 0) is 13.5 Å². The Morgan fingerprint density at radius 3 is 2.60 bits per heavy atom. The van der Waals surface area contributed by atoms with E-state index in [9.17, 15) is 13.6 Å². The number of hydrogen-bond donors (Lipinski definition) is 0. The molecule has 1 heterocycles. The molecule has 0 spiro atoms. The molecule has 106 valence electrons. The van der Waals surface area contributed by atoms with Crippen molar-refractivity contribution in [2.75, 3.05) is 0 Å². The highest BCUT2D eigenvalue weighted by molar-refractivity contribution is 5.96. The number of ketones is 1. The summed E-state index contributed by atoms with van der Waals surface area (Å²) in [5, 5.41) is 4.02. The van der Waals surface area contributed by atoms with Crippen molar-refractivity contribution in [3.05, 3.63) is 47.8 Å². The highest BCUT2D eigenvalue weighted by Gasteiger charge is 2.09. The highest BCUT2D eigenvalue weighted by Crippen LogP contribution is 2.16. The van der Waals surface area contributed by atoms with E-state index >= 15 is 0 Å². The first-order valence-electron chi connectivity index (χ1n) is 6.10. The molecule has 6 heteroatoms. The molecule has 4 nitrogen and oxygen atoms in total. The number of carbonyl (C=O) groups is 1. The number of rotatable bonds is 6. The van der Waals surface area contributed by atoms with Gasteiger partial charge in [0, 0.05) is 25.2 Å². The molecule has 0 unspecified atom stereocenters. The number of nitrogens with zero attached hydrogens (tertiary/aromatic N) is 2. The minimum Gasteiger partial charge on any atom is -0.435 e. The minimum atomic E-state index is -2.86. The van der Waals surface area contributed by atoms with Gasteiger partial charge in [-0.3, -0.25) is 9.48 Å². The summed E-state index contributed by atoms with van der Waals surface area (Å²) in [6, 6.07) is 5.71. The summed E-state index contributed by atoms with van der Waals surface area (Å²) in [4.78, 5) is 11.9. The molecule has 1 aromatic heterocycles. The van der Waals surface area contributed by atoms with Crippen molar-refractivity contribution in [2.45, 2.75) is 19.5 Å². The van der Waals surface area contributed by atoms with Crippen LogP contribution in [0.3, 0.4) is 0 Å². The van der Waals surface area contributed by atoms with Crippen molar-refractivity contribution < 1.29 is 18.3 Å². The van der Waals surface area contributed by atoms with Crippen LogP contribution in [-0.4, -0.2) is 22.2 Å². The summed E-state index contributed by atoms with van der Waals surface area (Å²) in [6.07, 6.45) is 4.52. The Balaban J connectivity index is 1.92. The average molecular weight is 280 g/mol. The Morgan fingerprint density at radius 2 is 2.05 bits per heavy atom. The van der Waals surface area contributed by atoms with Gasteiger partial charge in [-0.25, -0.2) is 0 Å². The molecule has 0 amide bonds. The van der Waals surface area contributed by atoms with Crippen molar-refractivity contribution >= 4 is 5.78 Å². The lowest BCUT2D eigenvalue weighted by molar-refractivity contribution is -0.0498. The number of halogens is 2. The number of aromatic nitrogens is 2. The van der Waals surface area contributed by atoms with Gasteiger partial charge in [0.1, 0.15) is 5.75 Å². The van der Waals surface area contributed by atoms with E-state index in [1.54, 1.807) is 10.9 Å². The Hall–Kier alpha value is -2.24. The Bertz CT molecular complexity index is 579. The first-order chi connectivity index (χ1) is 9.54. The van der Waals surface area contributed by atoms with Crippen LogP contribution in [0.1, 0.15) is 22.3 Å². The topological polar surface area (TPSA) is 44.1 Å². The molecule has 0 bridgehead atoms. The van der Waals surface area contributed by atoms with Gasteiger partial charge >= 0.3 is 6.61 Å². The lowest BCUT2D eigenvalue weighted by atomic mass is 10.0. The first-order valence-corrected chi connectivity index (χ1v) is 6.10. The molecule has 0 saturated carbocycles. The second kappa shape index (κ2) is 6.27. The number of benzene rings is 1. The maximum atomic E-state index is 12.0. The van der Waals surface area contributed by atoms with E-state index < -0.39 is 6.61 Å². The molecule has 0 aliphatic rings. The van der Waals surface area contributed by atoms with Gasteiger partial charge in [0.25, 0.3) is 0 Å². The minimum absolute atomic E-state index is 0.0440. The molecule has 0 aliphatic carbocycles. The molecule has 2 rings (SSSR count). The molecule has 2 aromatic rings. The van der Waals surface area contributed by atoms with Gasteiger partial charge in [-0.05, 0) is 36.2 Å². The summed E-state index contributed by atoms with van der Waals surface area (Å²) in [5.41, 5.74) is 1.47. The van der Waals surface area contributed by atoms with Gasteiger partial charge in [0.15, 0.2) is 5.78 Å². The predicted molar refractivity (Wildman–Crippen MR) is 68.9 cm³/mol. The van der Waals surface area contributed by atoms with Crippen LogP contribution in [0.2, 0.25) is 0 Å². The van der Waals surface area contributed by atoms with Crippen LogP contribution in [0.4, 0.5) is 8.78 Å². The van der Waals surface area contributed by atoms with Gasteiger partial charge in [0.05, 0.1) is 6.20 Å². The summed E-state index contributed by atoms with van der Waals surface area (Å²) in [6.45, 7) is -2.86. The van der Waals surface area contributed by atoms with Crippen molar-refractivity contribution in [3.8, 4) is 5.75 Å². The lowest BCUT2D eigenvalue weighted by Crippen LogP contribution is -2.03. The Morgan fingerprint density at radius 1 is 1.35 bits per heavy atom. The van der Waals surface area contributed by atoms with E-state index in [1.165, 1.54) is 24.3 Å². The Labute approximate surface area is 115 Å². The molecule has 0 fully saturated rings. The van der Waals surface area contributed by atoms with E-state index in [2.05, 4.69) is 9.84 Å². The maximum absolute atomic E-state index is 12.0. The SMILES string of the molecule is Cn1cc(CCC(=O)c2ccc(OC(F)F)cc2)cn1. The maximum Gasteiger partial charge on any atom is 0.387 e. The van der Waals surface area contributed by atoms with E-state index in [0.717, 1.165) is 5.56 Å². The molecular formula is C14H14F2N2O2. The van der Waals surface area contributed by atoms with Crippen LogP contribution >= 0.6 is 0 Å². The molecule has 0 saturated heterocycles. The lowest BCUT2D eigenvalue weighted by Gasteiger charge is -2.05. The van der Waals surface area contributed by atoms with E-state index in [-0.39, 0.29) is 11.5 Å². The molecular weight excluding hydrogens is 266 g/mol. The summed E-state index contributed by atoms with van der Waals surface area (Å²) < 4.78 is 29.9. The molecule has 0 N–H and O–H groups in total. The van der Waals surface area contributed by atoms with Crippen LogP contribution in [0.25, 0.3) is 0 Å².